The van der Waals surface area contributed by atoms with E-state index in [9.17, 15) is 4.79 Å². The van der Waals surface area contributed by atoms with Crippen LogP contribution in [0, 0.1) is 0 Å². The van der Waals surface area contributed by atoms with Crippen molar-refractivity contribution in [1.29, 1.82) is 0 Å². The Kier molecular flexibility index (Phi) is 1.28. The van der Waals surface area contributed by atoms with Gasteiger partial charge in [0.1, 0.15) is 0 Å². The van der Waals surface area contributed by atoms with Crippen LogP contribution in [0.5, 0.6) is 0 Å². The molecule has 3 rings (SSSR count). The lowest BCUT2D eigenvalue weighted by Gasteiger charge is -2.19. The van der Waals surface area contributed by atoms with Crippen LogP contribution in [0.2, 0.25) is 0 Å². The number of aryl methyl sites for hydroxylation is 1. The molecular formula is C9H13N3O. The highest BCUT2D eigenvalue weighted by Gasteiger charge is 2.35. The Morgan fingerprint density at radius 1 is 1.46 bits per heavy atom. The van der Waals surface area contributed by atoms with Gasteiger partial charge in [-0.15, -0.1) is 0 Å². The van der Waals surface area contributed by atoms with Gasteiger partial charge in [-0.1, -0.05) is 0 Å². The summed E-state index contributed by atoms with van der Waals surface area (Å²) in [5.74, 6) is 0. The summed E-state index contributed by atoms with van der Waals surface area (Å²) in [4.78, 5) is 11.7. The Labute approximate surface area is 75.9 Å². The number of nitrogens with zero attached hydrogens (tertiary/aromatic N) is 1. The van der Waals surface area contributed by atoms with Crippen LogP contribution in [0.3, 0.4) is 0 Å². The van der Waals surface area contributed by atoms with Crippen LogP contribution in [-0.2, 0) is 13.5 Å². The lowest BCUT2D eigenvalue weighted by Crippen LogP contribution is -2.33. The topological polar surface area (TPSA) is 49.8 Å². The van der Waals surface area contributed by atoms with Gasteiger partial charge < -0.3 is 5.32 Å². The van der Waals surface area contributed by atoms with Gasteiger partial charge >= 0.3 is 0 Å². The number of rotatable bonds is 0. The summed E-state index contributed by atoms with van der Waals surface area (Å²) >= 11 is 0. The predicted octanol–water partition coefficient (Wildman–Crippen LogP) is 0.0626. The van der Waals surface area contributed by atoms with Crippen molar-refractivity contribution in [2.24, 2.45) is 7.05 Å². The third-order valence-electron chi connectivity index (χ3n) is 3.20. The van der Waals surface area contributed by atoms with E-state index in [0.717, 1.165) is 24.1 Å². The summed E-state index contributed by atoms with van der Waals surface area (Å²) < 4.78 is 1.59. The summed E-state index contributed by atoms with van der Waals surface area (Å²) in [6.07, 6.45) is 3.31. The van der Waals surface area contributed by atoms with Crippen LogP contribution in [0.1, 0.15) is 30.1 Å². The van der Waals surface area contributed by atoms with E-state index in [1.165, 1.54) is 6.42 Å². The zero-order valence-corrected chi connectivity index (χ0v) is 7.63. The average molecular weight is 179 g/mol. The van der Waals surface area contributed by atoms with Crippen molar-refractivity contribution in [2.75, 3.05) is 0 Å². The van der Waals surface area contributed by atoms with Crippen molar-refractivity contribution in [1.82, 2.24) is 15.1 Å². The molecule has 0 spiro atoms. The second-order valence-corrected chi connectivity index (χ2v) is 4.07. The minimum Gasteiger partial charge on any atom is -0.307 e. The molecule has 0 unspecified atom stereocenters. The molecule has 2 atom stereocenters. The Morgan fingerprint density at radius 2 is 2.31 bits per heavy atom. The van der Waals surface area contributed by atoms with E-state index < -0.39 is 0 Å². The van der Waals surface area contributed by atoms with Crippen LogP contribution in [0.15, 0.2) is 4.79 Å². The fraction of sp³-hybridized carbons (Fsp3) is 0.667. The van der Waals surface area contributed by atoms with Crippen LogP contribution in [0.4, 0.5) is 0 Å². The van der Waals surface area contributed by atoms with Gasteiger partial charge in [0.25, 0.3) is 5.56 Å². The van der Waals surface area contributed by atoms with Crippen molar-refractivity contribution in [3.05, 3.63) is 21.6 Å². The maximum absolute atomic E-state index is 11.7. The number of H-pyrrole nitrogens is 1. The summed E-state index contributed by atoms with van der Waals surface area (Å²) in [6.45, 7) is 0. The molecule has 0 amide bonds. The molecule has 13 heavy (non-hydrogen) atoms. The third kappa shape index (κ3) is 0.864. The SMILES string of the molecule is Cn1[nH]c2c(c1=O)[C@@H]1CC[C@H](C2)N1. The van der Waals surface area contributed by atoms with Crippen molar-refractivity contribution < 1.29 is 0 Å². The first-order chi connectivity index (χ1) is 6.25. The van der Waals surface area contributed by atoms with E-state index in [-0.39, 0.29) is 5.56 Å². The monoisotopic (exact) mass is 179 g/mol. The highest BCUT2D eigenvalue weighted by molar-refractivity contribution is 5.27. The molecule has 1 aromatic rings. The maximum Gasteiger partial charge on any atom is 0.271 e. The van der Waals surface area contributed by atoms with Gasteiger partial charge in [-0.25, -0.2) is 0 Å². The van der Waals surface area contributed by atoms with Gasteiger partial charge in [-0.05, 0) is 12.8 Å². The van der Waals surface area contributed by atoms with Gasteiger partial charge in [0.05, 0.1) is 5.56 Å². The molecule has 0 aromatic carbocycles. The van der Waals surface area contributed by atoms with Gasteiger partial charge in [0.15, 0.2) is 0 Å². The van der Waals surface area contributed by atoms with Crippen LogP contribution >= 0.6 is 0 Å². The second kappa shape index (κ2) is 2.26. The quantitative estimate of drug-likeness (QED) is 0.592. The molecule has 2 N–H and O–H groups in total. The molecule has 1 saturated heterocycles. The normalized spacial score (nSPS) is 30.5. The first kappa shape index (κ1) is 7.38. The van der Waals surface area contributed by atoms with Gasteiger partial charge in [0.2, 0.25) is 0 Å². The van der Waals surface area contributed by atoms with Crippen LogP contribution in [-0.4, -0.2) is 15.8 Å². The predicted molar refractivity (Wildman–Crippen MR) is 48.6 cm³/mol. The summed E-state index contributed by atoms with van der Waals surface area (Å²) in [6, 6.07) is 0.911. The third-order valence-corrected chi connectivity index (χ3v) is 3.20. The first-order valence-electron chi connectivity index (χ1n) is 4.79. The molecule has 0 aliphatic carbocycles. The highest BCUT2D eigenvalue weighted by atomic mass is 16.1. The number of hydrogen-bond acceptors (Lipinski definition) is 2. The Hall–Kier alpha value is -1.03. The van der Waals surface area contributed by atoms with Gasteiger partial charge in [-0.3, -0.25) is 14.6 Å². The number of nitrogens with one attached hydrogen (secondary N) is 2. The minimum atomic E-state index is 0.146. The Morgan fingerprint density at radius 3 is 3.15 bits per heavy atom. The molecule has 1 aromatic heterocycles. The van der Waals surface area contributed by atoms with E-state index in [1.54, 1.807) is 11.7 Å². The van der Waals surface area contributed by atoms with Crippen molar-refractivity contribution in [3.8, 4) is 0 Å². The average Bonchev–Trinajstić information content (AvgIpc) is 2.59. The number of fused-ring (bicyclic) bond motifs is 4. The Bertz CT molecular complexity index is 403. The molecule has 4 heteroatoms. The van der Waals surface area contributed by atoms with Crippen molar-refractivity contribution in [3.63, 3.8) is 0 Å². The standard InChI is InChI=1S/C9H13N3O/c1-12-9(13)8-6-3-2-5(10-6)4-7(8)11-12/h5-6,10-11H,2-4H2,1H3/t5-,6+/m1/s1. The molecule has 2 aliphatic heterocycles. The number of hydrogen-bond donors (Lipinski definition) is 2. The lowest BCUT2D eigenvalue weighted by molar-refractivity contribution is 0.509. The fourth-order valence-electron chi connectivity index (χ4n) is 2.59. The van der Waals surface area contributed by atoms with Gasteiger partial charge in [-0.2, -0.15) is 0 Å². The van der Waals surface area contributed by atoms with E-state index in [4.69, 9.17) is 0 Å². The molecule has 3 heterocycles. The van der Waals surface area contributed by atoms with Crippen molar-refractivity contribution in [2.45, 2.75) is 31.3 Å². The molecule has 4 nitrogen and oxygen atoms in total. The molecule has 1 fully saturated rings. The second-order valence-electron chi connectivity index (χ2n) is 4.07. The number of aromatic amines is 1. The lowest BCUT2D eigenvalue weighted by atomic mass is 10.0. The van der Waals surface area contributed by atoms with Crippen LogP contribution in [0.25, 0.3) is 0 Å². The molecule has 0 saturated carbocycles. The minimum absolute atomic E-state index is 0.146. The summed E-state index contributed by atoms with van der Waals surface area (Å²) in [7, 11) is 1.79. The van der Waals surface area contributed by atoms with E-state index >= 15 is 0 Å². The summed E-state index contributed by atoms with van der Waals surface area (Å²) in [5.41, 5.74) is 2.28. The molecule has 70 valence electrons. The smallest absolute Gasteiger partial charge is 0.271 e. The molecule has 2 bridgehead atoms. The van der Waals surface area contributed by atoms with Crippen molar-refractivity contribution >= 4 is 0 Å². The zero-order chi connectivity index (χ0) is 9.00. The maximum atomic E-state index is 11.7. The van der Waals surface area contributed by atoms with E-state index in [0.29, 0.717) is 12.1 Å². The molecule has 2 aliphatic rings. The molecule has 0 radical (unpaired) electrons. The fourth-order valence-corrected chi connectivity index (χ4v) is 2.59. The number of aromatic nitrogens is 2. The summed E-state index contributed by atoms with van der Waals surface area (Å²) in [5, 5.41) is 6.60. The zero-order valence-electron chi connectivity index (χ0n) is 7.63. The Balaban J connectivity index is 2.22. The largest absolute Gasteiger partial charge is 0.307 e. The van der Waals surface area contributed by atoms with E-state index in [2.05, 4.69) is 10.4 Å². The van der Waals surface area contributed by atoms with Crippen LogP contribution < -0.4 is 10.9 Å². The molecular weight excluding hydrogens is 166 g/mol. The van der Waals surface area contributed by atoms with Gasteiger partial charge in [0, 0.05) is 31.2 Å². The van der Waals surface area contributed by atoms with E-state index in [1.807, 2.05) is 0 Å². The highest BCUT2D eigenvalue weighted by Crippen LogP contribution is 2.32. The first-order valence-corrected chi connectivity index (χ1v) is 4.79.